The topological polar surface area (TPSA) is 72.3 Å². The van der Waals surface area contributed by atoms with Crippen LogP contribution in [0.25, 0.3) is 0 Å². The fourth-order valence-electron chi connectivity index (χ4n) is 0.951. The first kappa shape index (κ1) is 17.3. The minimum absolute atomic E-state index is 0.347. The van der Waals surface area contributed by atoms with E-state index in [1.807, 2.05) is 26.0 Å². The Morgan fingerprint density at radius 2 is 1.31 bits per heavy atom. The lowest BCUT2D eigenvalue weighted by Gasteiger charge is -1.96. The minimum Gasteiger partial charge on any atom is -0.508 e. The van der Waals surface area contributed by atoms with Gasteiger partial charge in [0.15, 0.2) is 0 Å². The van der Waals surface area contributed by atoms with Crippen LogP contribution >= 0.6 is 0 Å². The highest BCUT2D eigenvalue weighted by molar-refractivity contribution is 5.25. The minimum atomic E-state index is 0.347. The van der Waals surface area contributed by atoms with Gasteiger partial charge in [-0.3, -0.25) is 0 Å². The highest BCUT2D eigenvalue weighted by atomic mass is 16.3. The molecule has 0 fully saturated rings. The fourth-order valence-corrected chi connectivity index (χ4v) is 0.951. The van der Waals surface area contributed by atoms with Crippen molar-refractivity contribution in [2.45, 2.75) is 33.6 Å². The van der Waals surface area contributed by atoms with Crippen molar-refractivity contribution in [1.82, 2.24) is 0 Å². The van der Waals surface area contributed by atoms with Crippen LogP contribution in [-0.4, -0.2) is 18.2 Å². The molecule has 0 aliphatic heterocycles. The van der Waals surface area contributed by atoms with Crippen LogP contribution in [0.1, 0.15) is 32.8 Å². The molecule has 16 heavy (non-hydrogen) atoms. The van der Waals surface area contributed by atoms with E-state index >= 15 is 0 Å². The quantitative estimate of drug-likeness (QED) is 0.724. The van der Waals surface area contributed by atoms with E-state index in [0.29, 0.717) is 5.75 Å². The first-order valence-electron chi connectivity index (χ1n) is 5.84. The van der Waals surface area contributed by atoms with Crippen LogP contribution in [0.2, 0.25) is 0 Å². The van der Waals surface area contributed by atoms with Gasteiger partial charge in [0.25, 0.3) is 0 Å². The Hall–Kier alpha value is -1.06. The largest absolute Gasteiger partial charge is 0.508 e. The smallest absolute Gasteiger partial charge is 0.115 e. The molecule has 3 nitrogen and oxygen atoms in total. The molecule has 0 atom stereocenters. The van der Waals surface area contributed by atoms with Crippen LogP contribution in [-0.2, 0) is 6.42 Å². The van der Waals surface area contributed by atoms with E-state index < -0.39 is 0 Å². The monoisotopic (exact) mass is 226 g/mol. The number of nitrogens with two attached hydrogens (primary N) is 2. The van der Waals surface area contributed by atoms with E-state index in [4.69, 9.17) is 16.6 Å². The summed E-state index contributed by atoms with van der Waals surface area (Å²) in [4.78, 5) is 0. The summed E-state index contributed by atoms with van der Waals surface area (Å²) in [5.74, 6) is 0.347. The molecular weight excluding hydrogens is 200 g/mol. The second kappa shape index (κ2) is 13.9. The summed E-state index contributed by atoms with van der Waals surface area (Å²) in [5, 5.41) is 8.92. The summed E-state index contributed by atoms with van der Waals surface area (Å²) < 4.78 is 0. The van der Waals surface area contributed by atoms with Gasteiger partial charge >= 0.3 is 0 Å². The van der Waals surface area contributed by atoms with Gasteiger partial charge in [0, 0.05) is 0 Å². The van der Waals surface area contributed by atoms with Gasteiger partial charge in [-0.25, -0.2) is 0 Å². The second-order valence-corrected chi connectivity index (χ2v) is 3.23. The maximum atomic E-state index is 8.92. The molecule has 0 aliphatic carbocycles. The standard InChI is InChI=1S/C9H12O.2C2H7N/c1-2-3-8-4-6-9(10)7-5-8;2*1-2-3/h4-7,10H,2-3H2,1H3;2*2-3H2,1H3. The molecule has 0 unspecified atom stereocenters. The number of benzene rings is 1. The van der Waals surface area contributed by atoms with Crippen molar-refractivity contribution in [2.75, 3.05) is 13.1 Å². The number of phenols is 1. The van der Waals surface area contributed by atoms with E-state index in [1.54, 1.807) is 12.1 Å². The van der Waals surface area contributed by atoms with Crippen molar-refractivity contribution in [3.05, 3.63) is 29.8 Å². The van der Waals surface area contributed by atoms with Crippen LogP contribution < -0.4 is 11.5 Å². The van der Waals surface area contributed by atoms with Gasteiger partial charge < -0.3 is 16.6 Å². The van der Waals surface area contributed by atoms with Crippen molar-refractivity contribution < 1.29 is 5.11 Å². The highest BCUT2D eigenvalue weighted by Crippen LogP contribution is 2.10. The first-order chi connectivity index (χ1) is 7.65. The molecule has 0 spiro atoms. The van der Waals surface area contributed by atoms with Crippen LogP contribution in [0.15, 0.2) is 24.3 Å². The SMILES string of the molecule is CCCc1ccc(O)cc1.CCN.CCN. The molecule has 0 bridgehead atoms. The summed E-state index contributed by atoms with van der Waals surface area (Å²) >= 11 is 0. The number of aryl methyl sites for hydroxylation is 1. The summed E-state index contributed by atoms with van der Waals surface area (Å²) in [6.07, 6.45) is 2.26. The molecule has 0 saturated heterocycles. The van der Waals surface area contributed by atoms with Gasteiger partial charge in [-0.05, 0) is 37.2 Å². The van der Waals surface area contributed by atoms with Gasteiger partial charge in [0.05, 0.1) is 0 Å². The molecule has 5 N–H and O–H groups in total. The predicted octanol–water partition coefficient (Wildman–Crippen LogP) is 2.27. The zero-order valence-corrected chi connectivity index (χ0v) is 10.7. The molecular formula is C13H26N2O. The maximum absolute atomic E-state index is 8.92. The maximum Gasteiger partial charge on any atom is 0.115 e. The van der Waals surface area contributed by atoms with Gasteiger partial charge in [0.1, 0.15) is 5.75 Å². The molecule has 0 heterocycles. The molecule has 0 saturated carbocycles. The molecule has 0 aliphatic rings. The van der Waals surface area contributed by atoms with Gasteiger partial charge in [-0.15, -0.1) is 0 Å². The number of aromatic hydroxyl groups is 1. The van der Waals surface area contributed by atoms with Crippen LogP contribution in [0, 0.1) is 0 Å². The third-order valence-electron chi connectivity index (χ3n) is 1.48. The number of hydrogen-bond acceptors (Lipinski definition) is 3. The lowest BCUT2D eigenvalue weighted by molar-refractivity contribution is 0.475. The lowest BCUT2D eigenvalue weighted by atomic mass is 10.1. The fraction of sp³-hybridized carbons (Fsp3) is 0.538. The van der Waals surface area contributed by atoms with Gasteiger partial charge in [-0.1, -0.05) is 39.3 Å². The predicted molar refractivity (Wildman–Crippen MR) is 71.6 cm³/mol. The number of phenolic OH excluding ortho intramolecular Hbond substituents is 1. The Bertz CT molecular complexity index is 220. The van der Waals surface area contributed by atoms with E-state index in [1.165, 1.54) is 5.56 Å². The Morgan fingerprint density at radius 3 is 1.62 bits per heavy atom. The summed E-state index contributed by atoms with van der Waals surface area (Å²) in [5.41, 5.74) is 11.0. The average molecular weight is 226 g/mol. The van der Waals surface area contributed by atoms with Gasteiger partial charge in [0.2, 0.25) is 0 Å². The van der Waals surface area contributed by atoms with Crippen LogP contribution in [0.4, 0.5) is 0 Å². The van der Waals surface area contributed by atoms with Crippen LogP contribution in [0.3, 0.4) is 0 Å². The highest BCUT2D eigenvalue weighted by Gasteiger charge is 1.89. The van der Waals surface area contributed by atoms with E-state index in [2.05, 4.69) is 6.92 Å². The molecule has 94 valence electrons. The van der Waals surface area contributed by atoms with E-state index in [-0.39, 0.29) is 0 Å². The Morgan fingerprint density at radius 1 is 0.938 bits per heavy atom. The number of rotatable bonds is 2. The molecule has 3 heteroatoms. The molecule has 0 radical (unpaired) electrons. The summed E-state index contributed by atoms with van der Waals surface area (Å²) in [6, 6.07) is 7.37. The molecule has 1 aromatic rings. The zero-order valence-electron chi connectivity index (χ0n) is 10.7. The zero-order chi connectivity index (χ0) is 12.8. The number of hydrogen-bond donors (Lipinski definition) is 3. The first-order valence-corrected chi connectivity index (χ1v) is 5.84. The molecule has 1 rings (SSSR count). The van der Waals surface area contributed by atoms with Crippen molar-refractivity contribution in [1.29, 1.82) is 0 Å². The van der Waals surface area contributed by atoms with Gasteiger partial charge in [-0.2, -0.15) is 0 Å². The summed E-state index contributed by atoms with van der Waals surface area (Å²) in [7, 11) is 0. The van der Waals surface area contributed by atoms with Crippen molar-refractivity contribution >= 4 is 0 Å². The Balaban J connectivity index is 0. The molecule has 1 aromatic carbocycles. The Kier molecular flexibility index (Phi) is 15.1. The van der Waals surface area contributed by atoms with E-state index in [9.17, 15) is 0 Å². The van der Waals surface area contributed by atoms with Crippen LogP contribution in [0.5, 0.6) is 5.75 Å². The summed E-state index contributed by atoms with van der Waals surface area (Å²) in [6.45, 7) is 7.45. The third-order valence-corrected chi connectivity index (χ3v) is 1.48. The lowest BCUT2D eigenvalue weighted by Crippen LogP contribution is -1.87. The second-order valence-electron chi connectivity index (χ2n) is 3.23. The van der Waals surface area contributed by atoms with Crippen molar-refractivity contribution in [3.8, 4) is 5.75 Å². The normalized spacial score (nSPS) is 8.31. The molecule has 0 aromatic heterocycles. The average Bonchev–Trinajstić information content (AvgIpc) is 2.24. The Labute approximate surface area is 99.5 Å². The van der Waals surface area contributed by atoms with Crippen molar-refractivity contribution in [2.24, 2.45) is 11.5 Å². The molecule has 0 amide bonds. The van der Waals surface area contributed by atoms with Crippen molar-refractivity contribution in [3.63, 3.8) is 0 Å². The third kappa shape index (κ3) is 12.9. The van der Waals surface area contributed by atoms with E-state index in [0.717, 1.165) is 25.9 Å².